The number of hydrogen-bond acceptors (Lipinski definition) is 0. The third kappa shape index (κ3) is 1.13. The van der Waals surface area contributed by atoms with Gasteiger partial charge in [0.25, 0.3) is 11.4 Å². The van der Waals surface area contributed by atoms with Crippen LogP contribution in [-0.4, -0.2) is 0 Å². The second kappa shape index (κ2) is 3.41. The molecule has 2 aliphatic rings. The van der Waals surface area contributed by atoms with Gasteiger partial charge in [-0.2, -0.15) is 0 Å². The van der Waals surface area contributed by atoms with Crippen LogP contribution in [0.25, 0.3) is 11.4 Å². The van der Waals surface area contributed by atoms with Crippen molar-refractivity contribution in [2.24, 2.45) is 0 Å². The Kier molecular flexibility index (Phi) is 1.94. The molecule has 0 N–H and O–H groups in total. The molecule has 0 amide bonds. The van der Waals surface area contributed by atoms with Gasteiger partial charge in [-0.3, -0.25) is 0 Å². The highest BCUT2D eigenvalue weighted by atomic mass is 15.2. The zero-order chi connectivity index (χ0) is 12.3. The van der Waals surface area contributed by atoms with Crippen LogP contribution in [0.3, 0.4) is 0 Å². The minimum absolute atomic E-state index is 0.981. The second-order valence-electron chi connectivity index (χ2n) is 5.43. The topological polar surface area (TPSA) is 7.76 Å². The molecule has 2 aromatic rings. The molecule has 0 aromatic carbocycles. The predicted octanol–water partition coefficient (Wildman–Crippen LogP) is 1.72. The smallest absolute Gasteiger partial charge is 0.133 e. The number of pyridine rings is 2. The fourth-order valence-corrected chi connectivity index (χ4v) is 3.55. The van der Waals surface area contributed by atoms with Gasteiger partial charge in [-0.1, -0.05) is 6.92 Å². The van der Waals surface area contributed by atoms with Gasteiger partial charge in [0.1, 0.15) is 0 Å². The highest BCUT2D eigenvalue weighted by molar-refractivity contribution is 5.63. The molecule has 2 aromatic heterocycles. The molecular formula is C16H18N2+2. The lowest BCUT2D eigenvalue weighted by molar-refractivity contribution is -0.877. The highest BCUT2D eigenvalue weighted by Gasteiger charge is 2.42. The highest BCUT2D eigenvalue weighted by Crippen LogP contribution is 2.33. The van der Waals surface area contributed by atoms with Crippen molar-refractivity contribution in [3.05, 3.63) is 46.8 Å². The maximum Gasteiger partial charge on any atom is 0.345 e. The third-order valence-electron chi connectivity index (χ3n) is 4.50. The Labute approximate surface area is 108 Å². The van der Waals surface area contributed by atoms with E-state index in [2.05, 4.69) is 47.5 Å². The summed E-state index contributed by atoms with van der Waals surface area (Å²) < 4.78 is 4.81. The largest absolute Gasteiger partial charge is 0.345 e. The van der Waals surface area contributed by atoms with Crippen LogP contribution in [0.1, 0.15) is 29.2 Å². The Hall–Kier alpha value is -1.70. The summed E-state index contributed by atoms with van der Waals surface area (Å²) >= 11 is 0. The van der Waals surface area contributed by atoms with E-state index in [1.54, 1.807) is 11.1 Å². The lowest BCUT2D eigenvalue weighted by Crippen LogP contribution is -2.45. The van der Waals surface area contributed by atoms with Gasteiger partial charge in [-0.25, -0.2) is 0 Å². The number of rotatable bonds is 1. The van der Waals surface area contributed by atoms with Gasteiger partial charge in [-0.15, -0.1) is 9.13 Å². The van der Waals surface area contributed by atoms with Gasteiger partial charge in [0.15, 0.2) is 12.4 Å². The number of aryl methyl sites for hydroxylation is 2. The van der Waals surface area contributed by atoms with Crippen LogP contribution >= 0.6 is 0 Å². The summed E-state index contributed by atoms with van der Waals surface area (Å²) in [6.45, 7) is 5.49. The summed E-state index contributed by atoms with van der Waals surface area (Å²) in [7, 11) is 0. The molecule has 2 heteroatoms. The summed E-state index contributed by atoms with van der Waals surface area (Å²) in [5.41, 5.74) is 9.09. The molecule has 0 saturated heterocycles. The first-order valence-electron chi connectivity index (χ1n) is 6.86. The summed E-state index contributed by atoms with van der Waals surface area (Å²) in [5, 5.41) is 0. The van der Waals surface area contributed by atoms with E-state index in [0.29, 0.717) is 0 Å². The van der Waals surface area contributed by atoms with Gasteiger partial charge in [0.05, 0.1) is 0 Å². The van der Waals surface area contributed by atoms with E-state index in [1.165, 1.54) is 35.4 Å². The van der Waals surface area contributed by atoms with E-state index in [0.717, 1.165) is 13.1 Å². The minimum Gasteiger partial charge on any atom is -0.133 e. The van der Waals surface area contributed by atoms with Gasteiger partial charge in [-0.05, 0) is 37.3 Å². The van der Waals surface area contributed by atoms with Crippen LogP contribution in [0.4, 0.5) is 0 Å². The van der Waals surface area contributed by atoms with E-state index in [4.69, 9.17) is 0 Å². The van der Waals surface area contributed by atoms with Crippen LogP contribution in [0, 0.1) is 6.92 Å². The molecule has 0 atom stereocenters. The van der Waals surface area contributed by atoms with E-state index >= 15 is 0 Å². The van der Waals surface area contributed by atoms with Crippen molar-refractivity contribution in [3.63, 3.8) is 0 Å². The molecule has 0 unspecified atom stereocenters. The first kappa shape index (κ1) is 10.2. The average molecular weight is 238 g/mol. The number of aromatic nitrogens is 2. The molecule has 0 radical (unpaired) electrons. The van der Waals surface area contributed by atoms with Gasteiger partial charge < -0.3 is 0 Å². The first-order valence-corrected chi connectivity index (χ1v) is 6.86. The Balaban J connectivity index is 2.11. The van der Waals surface area contributed by atoms with E-state index in [9.17, 15) is 0 Å². The first-order chi connectivity index (χ1) is 8.79. The Morgan fingerprint density at radius 1 is 1.00 bits per heavy atom. The standard InChI is InChI=1S/C16H18N2/c1-3-12-7-9-18-10-17-8-6-11(2)13-4-5-14(12)16(18)15(13)17/h6-9H,3-5,10H2,1-2H3/q+2. The average Bonchev–Trinajstić information content (AvgIpc) is 2.78. The van der Waals surface area contributed by atoms with E-state index in [-0.39, 0.29) is 0 Å². The Morgan fingerprint density at radius 2 is 1.67 bits per heavy atom. The SMILES string of the molecule is CCc1cc[n+]2c3c1CCc1c(C)cc[n+](c1-3)C2. The van der Waals surface area contributed by atoms with Crippen molar-refractivity contribution >= 4 is 0 Å². The quantitative estimate of drug-likeness (QED) is 0.570. The molecule has 0 fully saturated rings. The molecule has 1 aliphatic carbocycles. The fraction of sp³-hybridized carbons (Fsp3) is 0.375. The van der Waals surface area contributed by atoms with Crippen molar-refractivity contribution in [2.75, 3.05) is 0 Å². The summed E-state index contributed by atoms with van der Waals surface area (Å²) in [5.74, 6) is 0. The van der Waals surface area contributed by atoms with Crippen LogP contribution in [0.15, 0.2) is 24.5 Å². The van der Waals surface area contributed by atoms with Crippen molar-refractivity contribution in [1.82, 2.24) is 0 Å². The maximum absolute atomic E-state index is 2.41. The minimum atomic E-state index is 0.981. The summed E-state index contributed by atoms with van der Waals surface area (Å²) in [6, 6.07) is 4.57. The molecule has 1 aliphatic heterocycles. The molecule has 0 saturated carbocycles. The van der Waals surface area contributed by atoms with Crippen LogP contribution in [0.2, 0.25) is 0 Å². The van der Waals surface area contributed by atoms with Crippen LogP contribution < -0.4 is 9.13 Å². The van der Waals surface area contributed by atoms with Crippen molar-refractivity contribution in [2.45, 2.75) is 39.8 Å². The Bertz CT molecular complexity index is 671. The van der Waals surface area contributed by atoms with Crippen molar-refractivity contribution in [3.8, 4) is 11.4 Å². The molecule has 0 bridgehead atoms. The zero-order valence-electron chi connectivity index (χ0n) is 11.0. The monoisotopic (exact) mass is 238 g/mol. The van der Waals surface area contributed by atoms with Gasteiger partial charge in [0, 0.05) is 23.3 Å². The summed E-state index contributed by atoms with van der Waals surface area (Å²) in [6.07, 6.45) is 8.05. The number of hydrogen-bond donors (Lipinski definition) is 0. The molecule has 3 heterocycles. The predicted molar refractivity (Wildman–Crippen MR) is 69.2 cm³/mol. The van der Waals surface area contributed by atoms with E-state index in [1.807, 2.05) is 0 Å². The third-order valence-corrected chi connectivity index (χ3v) is 4.50. The Morgan fingerprint density at radius 3 is 2.44 bits per heavy atom. The zero-order valence-corrected chi connectivity index (χ0v) is 11.0. The lowest BCUT2D eigenvalue weighted by Gasteiger charge is -2.14. The molecule has 18 heavy (non-hydrogen) atoms. The van der Waals surface area contributed by atoms with Gasteiger partial charge >= 0.3 is 6.67 Å². The second-order valence-corrected chi connectivity index (χ2v) is 5.43. The molecule has 2 nitrogen and oxygen atoms in total. The molecule has 4 rings (SSSR count). The molecular weight excluding hydrogens is 220 g/mol. The van der Waals surface area contributed by atoms with Gasteiger partial charge in [0.2, 0.25) is 0 Å². The maximum atomic E-state index is 2.41. The lowest BCUT2D eigenvalue weighted by atomic mass is 9.87. The fourth-order valence-electron chi connectivity index (χ4n) is 3.55. The van der Waals surface area contributed by atoms with E-state index < -0.39 is 0 Å². The van der Waals surface area contributed by atoms with Crippen molar-refractivity contribution in [1.29, 1.82) is 0 Å². The number of nitrogens with zero attached hydrogens (tertiary/aromatic N) is 2. The molecule has 90 valence electrons. The molecule has 0 spiro atoms. The van der Waals surface area contributed by atoms with Crippen molar-refractivity contribution < 1.29 is 9.13 Å². The van der Waals surface area contributed by atoms with Crippen LogP contribution in [-0.2, 0) is 25.9 Å². The van der Waals surface area contributed by atoms with Crippen LogP contribution in [0.5, 0.6) is 0 Å². The normalized spacial score (nSPS) is 14.8. The summed E-state index contributed by atoms with van der Waals surface area (Å²) in [4.78, 5) is 0.